The number of amides is 1. The molecule has 0 unspecified atom stereocenters. The second-order valence-electron chi connectivity index (χ2n) is 7.45. The molecule has 1 atom stereocenters. The highest BCUT2D eigenvalue weighted by atomic mass is 35.5. The van der Waals surface area contributed by atoms with Crippen LogP contribution in [0.1, 0.15) is 41.7 Å². The van der Waals surface area contributed by atoms with Crippen molar-refractivity contribution in [2.24, 2.45) is 0 Å². The summed E-state index contributed by atoms with van der Waals surface area (Å²) in [5, 5.41) is 4.52. The van der Waals surface area contributed by atoms with Crippen molar-refractivity contribution in [1.29, 1.82) is 0 Å². The number of hydrogen-bond donors (Lipinski definition) is 1. The Morgan fingerprint density at radius 1 is 1.07 bits per heavy atom. The maximum Gasteiger partial charge on any atom is 0.253 e. The smallest absolute Gasteiger partial charge is 0.253 e. The first-order valence-electron chi connectivity index (χ1n) is 9.52. The Hall–Kier alpha value is -2.04. The summed E-state index contributed by atoms with van der Waals surface area (Å²) in [6.45, 7) is 4.24. The third-order valence-electron chi connectivity index (χ3n) is 5.24. The summed E-state index contributed by atoms with van der Waals surface area (Å²) in [7, 11) is 3.55. The zero-order valence-electron chi connectivity index (χ0n) is 16.3. The van der Waals surface area contributed by atoms with E-state index in [1.165, 1.54) is 11.3 Å². The van der Waals surface area contributed by atoms with Gasteiger partial charge in [-0.25, -0.2) is 0 Å². The maximum atomic E-state index is 12.0. The summed E-state index contributed by atoms with van der Waals surface area (Å²) < 4.78 is 0. The molecule has 1 saturated heterocycles. The van der Waals surface area contributed by atoms with E-state index in [-0.39, 0.29) is 5.91 Å². The Kier molecular flexibility index (Phi) is 6.40. The van der Waals surface area contributed by atoms with Gasteiger partial charge in [-0.2, -0.15) is 0 Å². The number of benzene rings is 2. The number of nitrogens with one attached hydrogen (secondary N) is 1. The van der Waals surface area contributed by atoms with Crippen LogP contribution in [0.3, 0.4) is 0 Å². The first kappa shape index (κ1) is 19.7. The molecule has 27 heavy (non-hydrogen) atoms. The van der Waals surface area contributed by atoms with Gasteiger partial charge in [-0.05, 0) is 61.7 Å². The van der Waals surface area contributed by atoms with Crippen LogP contribution >= 0.6 is 11.6 Å². The molecule has 1 amide bonds. The van der Waals surface area contributed by atoms with Crippen molar-refractivity contribution >= 4 is 23.2 Å². The Morgan fingerprint density at radius 3 is 2.22 bits per heavy atom. The van der Waals surface area contributed by atoms with Gasteiger partial charge in [0.2, 0.25) is 0 Å². The van der Waals surface area contributed by atoms with Crippen LogP contribution in [0.2, 0.25) is 5.02 Å². The molecule has 5 heteroatoms. The molecule has 0 saturated carbocycles. The van der Waals surface area contributed by atoms with Gasteiger partial charge in [-0.3, -0.25) is 4.79 Å². The lowest BCUT2D eigenvalue weighted by molar-refractivity contribution is 0.0827. The third-order valence-corrected chi connectivity index (χ3v) is 5.49. The number of rotatable bonds is 5. The lowest BCUT2D eigenvalue weighted by Gasteiger charge is -2.35. The van der Waals surface area contributed by atoms with E-state index in [4.69, 9.17) is 11.6 Å². The van der Waals surface area contributed by atoms with Gasteiger partial charge in [0.1, 0.15) is 0 Å². The molecule has 2 aromatic rings. The van der Waals surface area contributed by atoms with Crippen LogP contribution in [0.15, 0.2) is 48.5 Å². The number of carbonyl (C=O) groups is 1. The van der Waals surface area contributed by atoms with Crippen molar-refractivity contribution in [1.82, 2.24) is 10.2 Å². The Balaban J connectivity index is 1.52. The minimum absolute atomic E-state index is 0.0423. The van der Waals surface area contributed by atoms with Crippen LogP contribution in [-0.2, 0) is 0 Å². The van der Waals surface area contributed by atoms with E-state index in [0.717, 1.165) is 36.5 Å². The number of piperidine rings is 1. The molecule has 2 aromatic carbocycles. The first-order valence-corrected chi connectivity index (χ1v) is 9.90. The first-order chi connectivity index (χ1) is 12.9. The van der Waals surface area contributed by atoms with Gasteiger partial charge < -0.3 is 15.1 Å². The van der Waals surface area contributed by atoms with Crippen molar-refractivity contribution in [3.8, 4) is 0 Å². The molecule has 3 rings (SSSR count). The zero-order chi connectivity index (χ0) is 19.4. The molecule has 1 N–H and O–H groups in total. The predicted molar refractivity (Wildman–Crippen MR) is 113 cm³/mol. The van der Waals surface area contributed by atoms with Crippen LogP contribution in [0.25, 0.3) is 0 Å². The number of anilines is 1. The van der Waals surface area contributed by atoms with Crippen LogP contribution < -0.4 is 10.2 Å². The minimum atomic E-state index is 0.0423. The molecule has 1 aliphatic rings. The molecular formula is C22H28ClN3O. The van der Waals surface area contributed by atoms with E-state index in [0.29, 0.717) is 12.1 Å². The molecule has 0 aromatic heterocycles. The van der Waals surface area contributed by atoms with Gasteiger partial charge in [0, 0.05) is 55.5 Å². The lowest BCUT2D eigenvalue weighted by Crippen LogP contribution is -2.43. The van der Waals surface area contributed by atoms with E-state index in [1.54, 1.807) is 19.0 Å². The SMILES string of the molecule is C[C@@H](NC1CCN(c2ccc(C(=O)N(C)C)cc2)CC1)c1ccc(Cl)cc1. The molecule has 4 nitrogen and oxygen atoms in total. The van der Waals surface area contributed by atoms with Gasteiger partial charge in [0.05, 0.1) is 0 Å². The number of carbonyl (C=O) groups excluding carboxylic acids is 1. The quantitative estimate of drug-likeness (QED) is 0.830. The number of hydrogen-bond acceptors (Lipinski definition) is 3. The van der Waals surface area contributed by atoms with Crippen molar-refractivity contribution < 1.29 is 4.79 Å². The molecule has 0 aliphatic carbocycles. The maximum absolute atomic E-state index is 12.0. The molecule has 0 spiro atoms. The van der Waals surface area contributed by atoms with E-state index in [1.807, 2.05) is 24.3 Å². The second-order valence-corrected chi connectivity index (χ2v) is 7.88. The molecule has 144 valence electrons. The highest BCUT2D eigenvalue weighted by Gasteiger charge is 2.21. The summed E-state index contributed by atoms with van der Waals surface area (Å²) in [6.07, 6.45) is 2.21. The van der Waals surface area contributed by atoms with Crippen molar-refractivity contribution in [3.63, 3.8) is 0 Å². The van der Waals surface area contributed by atoms with E-state index < -0.39 is 0 Å². The van der Waals surface area contributed by atoms with Crippen LogP contribution in [-0.4, -0.2) is 44.0 Å². The molecule has 1 fully saturated rings. The van der Waals surface area contributed by atoms with Gasteiger partial charge in [0.25, 0.3) is 5.91 Å². The predicted octanol–water partition coefficient (Wildman–Crippen LogP) is 4.36. The van der Waals surface area contributed by atoms with Crippen molar-refractivity contribution in [2.75, 3.05) is 32.1 Å². The van der Waals surface area contributed by atoms with Crippen LogP contribution in [0, 0.1) is 0 Å². The van der Waals surface area contributed by atoms with E-state index >= 15 is 0 Å². The van der Waals surface area contributed by atoms with E-state index in [2.05, 4.69) is 41.4 Å². The number of halogens is 1. The van der Waals surface area contributed by atoms with Crippen LogP contribution in [0.5, 0.6) is 0 Å². The van der Waals surface area contributed by atoms with Crippen molar-refractivity contribution in [2.45, 2.75) is 31.8 Å². The number of nitrogens with zero attached hydrogens (tertiary/aromatic N) is 2. The Morgan fingerprint density at radius 2 is 1.67 bits per heavy atom. The molecule has 1 aliphatic heterocycles. The summed E-state index contributed by atoms with van der Waals surface area (Å²) in [5.41, 5.74) is 3.19. The summed E-state index contributed by atoms with van der Waals surface area (Å²) in [6, 6.07) is 16.9. The third kappa shape index (κ3) is 5.02. The normalized spacial score (nSPS) is 16.2. The highest BCUT2D eigenvalue weighted by molar-refractivity contribution is 6.30. The molecule has 0 radical (unpaired) electrons. The van der Waals surface area contributed by atoms with Gasteiger partial charge >= 0.3 is 0 Å². The topological polar surface area (TPSA) is 35.6 Å². The average molecular weight is 386 g/mol. The molecule has 0 bridgehead atoms. The average Bonchev–Trinajstić information content (AvgIpc) is 2.68. The Bertz CT molecular complexity index is 750. The molecular weight excluding hydrogens is 358 g/mol. The summed E-state index contributed by atoms with van der Waals surface area (Å²) >= 11 is 5.98. The van der Waals surface area contributed by atoms with Crippen LogP contribution in [0.4, 0.5) is 5.69 Å². The van der Waals surface area contributed by atoms with Gasteiger partial charge in [0.15, 0.2) is 0 Å². The van der Waals surface area contributed by atoms with Gasteiger partial charge in [-0.15, -0.1) is 0 Å². The second kappa shape index (κ2) is 8.77. The van der Waals surface area contributed by atoms with Gasteiger partial charge in [-0.1, -0.05) is 23.7 Å². The summed E-state index contributed by atoms with van der Waals surface area (Å²) in [4.78, 5) is 16.0. The molecule has 1 heterocycles. The highest BCUT2D eigenvalue weighted by Crippen LogP contribution is 2.23. The summed E-state index contributed by atoms with van der Waals surface area (Å²) in [5.74, 6) is 0.0423. The largest absolute Gasteiger partial charge is 0.371 e. The fraction of sp³-hybridized carbons (Fsp3) is 0.409. The fourth-order valence-corrected chi connectivity index (χ4v) is 3.70. The lowest BCUT2D eigenvalue weighted by atomic mass is 10.0. The fourth-order valence-electron chi connectivity index (χ4n) is 3.58. The Labute approximate surface area is 167 Å². The zero-order valence-corrected chi connectivity index (χ0v) is 17.0. The minimum Gasteiger partial charge on any atom is -0.371 e. The monoisotopic (exact) mass is 385 g/mol. The standard InChI is InChI=1S/C22H28ClN3O/c1-16(17-4-8-19(23)9-5-17)24-20-12-14-26(15-13-20)21-10-6-18(7-11-21)22(27)25(2)3/h4-11,16,20,24H,12-15H2,1-3H3/t16-/m1/s1. The van der Waals surface area contributed by atoms with Crippen molar-refractivity contribution in [3.05, 3.63) is 64.7 Å². The van der Waals surface area contributed by atoms with E-state index in [9.17, 15) is 4.79 Å².